The van der Waals surface area contributed by atoms with Gasteiger partial charge in [0.15, 0.2) is 10.6 Å². The number of hydrogen-bond acceptors (Lipinski definition) is 7. The first-order valence-corrected chi connectivity index (χ1v) is 5.35. The zero-order valence-electron chi connectivity index (χ0n) is 6.81. The van der Waals surface area contributed by atoms with Crippen molar-refractivity contribution in [3.05, 3.63) is 4.34 Å². The van der Waals surface area contributed by atoms with Crippen LogP contribution < -0.4 is 4.74 Å². The number of aromatic nitrogens is 2. The fourth-order valence-corrected chi connectivity index (χ4v) is 2.80. The first-order valence-electron chi connectivity index (χ1n) is 3.38. The number of carbonyl (C=O) groups is 1. The molecule has 8 heteroatoms. The molecule has 0 aliphatic heterocycles. The lowest BCUT2D eigenvalue weighted by atomic mass is 10.6. The Morgan fingerprint density at radius 3 is 3.07 bits per heavy atom. The number of halogens is 1. The van der Waals surface area contributed by atoms with E-state index in [4.69, 9.17) is 16.3 Å². The Balaban J connectivity index is 2.43. The third kappa shape index (κ3) is 1.54. The third-order valence-electron chi connectivity index (χ3n) is 1.38. The maximum absolute atomic E-state index is 10.9. The van der Waals surface area contributed by atoms with Crippen molar-refractivity contribution in [1.29, 1.82) is 0 Å². The van der Waals surface area contributed by atoms with E-state index in [0.29, 0.717) is 13.9 Å². The van der Waals surface area contributed by atoms with Gasteiger partial charge in [-0.05, 0) is 11.5 Å². The summed E-state index contributed by atoms with van der Waals surface area (Å²) in [5.74, 6) is 0.272. The molecule has 0 amide bonds. The second-order valence-corrected chi connectivity index (χ2v) is 4.52. The Kier molecular flexibility index (Phi) is 2.53. The topological polar surface area (TPSA) is 61.3 Å². The standard InChI is InChI=1S/C6H3ClN2O3S2/c1-11-6(10)12-2-3-5(8-9-14-3)13-4(2)7/h1H3. The molecule has 2 aromatic rings. The maximum Gasteiger partial charge on any atom is 0.513 e. The highest BCUT2D eigenvalue weighted by atomic mass is 35.5. The van der Waals surface area contributed by atoms with E-state index in [1.54, 1.807) is 0 Å². The van der Waals surface area contributed by atoms with Crippen LogP contribution in [-0.4, -0.2) is 22.9 Å². The molecule has 0 bridgehead atoms. The van der Waals surface area contributed by atoms with Gasteiger partial charge in [0, 0.05) is 0 Å². The molecule has 2 heterocycles. The van der Waals surface area contributed by atoms with Gasteiger partial charge in [-0.3, -0.25) is 0 Å². The molecule has 0 saturated heterocycles. The minimum atomic E-state index is -0.806. The first-order chi connectivity index (χ1) is 6.72. The lowest BCUT2D eigenvalue weighted by molar-refractivity contribution is 0.122. The molecule has 0 aromatic carbocycles. The molecule has 5 nitrogen and oxygen atoms in total. The molecule has 0 aliphatic carbocycles. The van der Waals surface area contributed by atoms with Crippen molar-refractivity contribution in [1.82, 2.24) is 9.59 Å². The summed E-state index contributed by atoms with van der Waals surface area (Å²) in [6, 6.07) is 0. The fraction of sp³-hybridized carbons (Fsp3) is 0.167. The molecular formula is C6H3ClN2O3S2. The highest BCUT2D eigenvalue weighted by Gasteiger charge is 2.18. The van der Waals surface area contributed by atoms with Crippen LogP contribution >= 0.6 is 34.5 Å². The Bertz CT molecular complexity index is 480. The summed E-state index contributed by atoms with van der Waals surface area (Å²) >= 11 is 8.16. The smallest absolute Gasteiger partial charge is 0.437 e. The molecule has 74 valence electrons. The summed E-state index contributed by atoms with van der Waals surface area (Å²) in [4.78, 5) is 11.5. The van der Waals surface area contributed by atoms with Gasteiger partial charge < -0.3 is 9.47 Å². The third-order valence-corrected chi connectivity index (χ3v) is 3.48. The van der Waals surface area contributed by atoms with E-state index in [-0.39, 0.29) is 5.75 Å². The molecule has 0 N–H and O–H groups in total. The maximum atomic E-state index is 10.9. The number of ether oxygens (including phenoxy) is 2. The number of hydrogen-bond donors (Lipinski definition) is 0. The van der Waals surface area contributed by atoms with Crippen LogP contribution in [0.4, 0.5) is 4.79 Å². The summed E-state index contributed by atoms with van der Waals surface area (Å²) < 4.78 is 13.9. The number of methoxy groups -OCH3 is 1. The molecule has 14 heavy (non-hydrogen) atoms. The number of fused-ring (bicyclic) bond motifs is 1. The predicted molar refractivity (Wildman–Crippen MR) is 53.3 cm³/mol. The molecular weight excluding hydrogens is 248 g/mol. The van der Waals surface area contributed by atoms with Gasteiger partial charge in [0.25, 0.3) is 0 Å². The molecule has 0 spiro atoms. The summed E-state index contributed by atoms with van der Waals surface area (Å²) in [6.07, 6.45) is -0.806. The van der Waals surface area contributed by atoms with Crippen LogP contribution in [0.15, 0.2) is 0 Å². The molecule has 0 saturated carbocycles. The van der Waals surface area contributed by atoms with E-state index in [1.165, 1.54) is 18.4 Å². The second kappa shape index (κ2) is 3.68. The van der Waals surface area contributed by atoms with Crippen LogP contribution in [0.25, 0.3) is 9.53 Å². The van der Waals surface area contributed by atoms with Gasteiger partial charge in [-0.15, -0.1) is 5.10 Å². The number of rotatable bonds is 1. The molecule has 0 fully saturated rings. The van der Waals surface area contributed by atoms with Gasteiger partial charge in [0.2, 0.25) is 0 Å². The SMILES string of the molecule is COC(=O)Oc1c(Cl)sc2nnsc12. The van der Waals surface area contributed by atoms with Crippen LogP contribution in [0.2, 0.25) is 4.34 Å². The number of thiophene rings is 1. The molecule has 2 rings (SSSR count). The van der Waals surface area contributed by atoms with Crippen LogP contribution in [0.5, 0.6) is 5.75 Å². The second-order valence-electron chi connectivity index (χ2n) is 2.17. The van der Waals surface area contributed by atoms with Gasteiger partial charge in [-0.1, -0.05) is 27.4 Å². The van der Waals surface area contributed by atoms with Crippen LogP contribution in [0, 0.1) is 0 Å². The first kappa shape index (κ1) is 9.63. The average molecular weight is 251 g/mol. The summed E-state index contributed by atoms with van der Waals surface area (Å²) in [6.45, 7) is 0. The van der Waals surface area contributed by atoms with E-state index >= 15 is 0 Å². The van der Waals surface area contributed by atoms with Gasteiger partial charge in [0.05, 0.1) is 7.11 Å². The number of carbonyl (C=O) groups excluding carboxylic acids is 1. The lowest BCUT2D eigenvalue weighted by Crippen LogP contribution is -2.06. The zero-order chi connectivity index (χ0) is 10.1. The van der Waals surface area contributed by atoms with Gasteiger partial charge in [-0.25, -0.2) is 4.79 Å². The Morgan fingerprint density at radius 2 is 2.36 bits per heavy atom. The zero-order valence-corrected chi connectivity index (χ0v) is 9.20. The largest absolute Gasteiger partial charge is 0.513 e. The normalized spacial score (nSPS) is 10.4. The predicted octanol–water partition coefficient (Wildman–Crippen LogP) is 2.55. The van der Waals surface area contributed by atoms with Crippen LogP contribution in [-0.2, 0) is 4.74 Å². The Morgan fingerprint density at radius 1 is 1.57 bits per heavy atom. The molecule has 0 unspecified atom stereocenters. The summed E-state index contributed by atoms with van der Waals surface area (Å²) in [7, 11) is 1.23. The minimum Gasteiger partial charge on any atom is -0.437 e. The highest BCUT2D eigenvalue weighted by Crippen LogP contribution is 2.42. The Hall–Kier alpha value is -0.920. The van der Waals surface area contributed by atoms with E-state index in [1.807, 2.05) is 0 Å². The van der Waals surface area contributed by atoms with E-state index < -0.39 is 6.16 Å². The number of nitrogens with zero attached hydrogens (tertiary/aromatic N) is 2. The van der Waals surface area contributed by atoms with Crippen molar-refractivity contribution in [2.45, 2.75) is 0 Å². The van der Waals surface area contributed by atoms with Crippen molar-refractivity contribution < 1.29 is 14.3 Å². The van der Waals surface area contributed by atoms with Crippen molar-refractivity contribution in [2.24, 2.45) is 0 Å². The van der Waals surface area contributed by atoms with Crippen molar-refractivity contribution in [3.63, 3.8) is 0 Å². The van der Waals surface area contributed by atoms with E-state index in [2.05, 4.69) is 14.3 Å². The fourth-order valence-electron chi connectivity index (χ4n) is 0.820. The lowest BCUT2D eigenvalue weighted by Gasteiger charge is -1.98. The van der Waals surface area contributed by atoms with Crippen LogP contribution in [0.3, 0.4) is 0 Å². The minimum absolute atomic E-state index is 0.272. The molecule has 0 atom stereocenters. The Labute approximate surface area is 91.4 Å². The van der Waals surface area contributed by atoms with Crippen molar-refractivity contribution in [2.75, 3.05) is 7.11 Å². The summed E-state index contributed by atoms with van der Waals surface area (Å²) in [5, 5.41) is 3.80. The van der Waals surface area contributed by atoms with E-state index in [0.717, 1.165) is 11.5 Å². The summed E-state index contributed by atoms with van der Waals surface area (Å²) in [5.41, 5.74) is 0. The highest BCUT2D eigenvalue weighted by molar-refractivity contribution is 7.27. The average Bonchev–Trinajstić information content (AvgIpc) is 2.70. The van der Waals surface area contributed by atoms with Crippen LogP contribution in [0.1, 0.15) is 0 Å². The molecule has 2 aromatic heterocycles. The van der Waals surface area contributed by atoms with Crippen molar-refractivity contribution >= 4 is 50.2 Å². The molecule has 0 radical (unpaired) electrons. The molecule has 0 aliphatic rings. The quantitative estimate of drug-likeness (QED) is 0.728. The van der Waals surface area contributed by atoms with E-state index in [9.17, 15) is 4.79 Å². The monoisotopic (exact) mass is 250 g/mol. The van der Waals surface area contributed by atoms with Gasteiger partial charge in [0.1, 0.15) is 9.04 Å². The van der Waals surface area contributed by atoms with Crippen molar-refractivity contribution in [3.8, 4) is 5.75 Å². The van der Waals surface area contributed by atoms with Gasteiger partial charge >= 0.3 is 6.16 Å². The van der Waals surface area contributed by atoms with Gasteiger partial charge in [-0.2, -0.15) is 0 Å².